The number of carbonyl (C=O) groups is 1. The fraction of sp³-hybridized carbons (Fsp3) is 0.500. The van der Waals surface area contributed by atoms with Crippen LogP contribution in [0.15, 0.2) is 29.6 Å². The van der Waals surface area contributed by atoms with Crippen molar-refractivity contribution in [1.82, 2.24) is 19.4 Å². The molecule has 1 amide bonds. The highest BCUT2D eigenvalue weighted by atomic mass is 32.1. The maximum absolute atomic E-state index is 13.7. The van der Waals surface area contributed by atoms with Crippen molar-refractivity contribution >= 4 is 17.4 Å². The molecule has 0 saturated carbocycles. The summed E-state index contributed by atoms with van der Waals surface area (Å²) in [5, 5.41) is 5.53. The van der Waals surface area contributed by atoms with Crippen molar-refractivity contribution in [3.63, 3.8) is 0 Å². The Labute approximate surface area is 151 Å². The van der Waals surface area contributed by atoms with Crippen LogP contribution in [0.1, 0.15) is 28.9 Å². The van der Waals surface area contributed by atoms with Crippen LogP contribution in [0.4, 0.5) is 4.39 Å². The van der Waals surface area contributed by atoms with Crippen molar-refractivity contribution in [2.75, 3.05) is 33.2 Å². The van der Waals surface area contributed by atoms with Gasteiger partial charge < -0.3 is 9.80 Å². The van der Waals surface area contributed by atoms with E-state index in [1.807, 2.05) is 19.2 Å². The van der Waals surface area contributed by atoms with E-state index in [2.05, 4.69) is 14.5 Å². The molecule has 1 atom stereocenters. The van der Waals surface area contributed by atoms with E-state index in [-0.39, 0.29) is 11.7 Å². The molecular formula is C18H23FN4OS. The first-order valence-electron chi connectivity index (χ1n) is 8.62. The van der Waals surface area contributed by atoms with E-state index < -0.39 is 0 Å². The summed E-state index contributed by atoms with van der Waals surface area (Å²) in [4.78, 5) is 16.4. The molecule has 0 bridgehead atoms. The number of rotatable bonds is 6. The molecule has 1 fully saturated rings. The molecule has 0 unspecified atom stereocenters. The fourth-order valence-corrected chi connectivity index (χ4v) is 3.84. The summed E-state index contributed by atoms with van der Waals surface area (Å²) in [6, 6.07) is 6.97. The first-order chi connectivity index (χ1) is 12.1. The predicted molar refractivity (Wildman–Crippen MR) is 96.1 cm³/mol. The standard InChI is InChI=1S/C18H23FN4OS/c1-22(18(24)17-13-25-21-20-17)11-14-5-4-9-23(12-14)10-8-15-6-2-3-7-16(15)19/h2-3,6-7,13-14H,4-5,8-12H2,1H3/t14-/m0/s1. The smallest absolute Gasteiger partial charge is 0.275 e. The Morgan fingerprint density at radius 2 is 2.28 bits per heavy atom. The van der Waals surface area contributed by atoms with Crippen LogP contribution in [-0.2, 0) is 6.42 Å². The van der Waals surface area contributed by atoms with Crippen LogP contribution in [0.5, 0.6) is 0 Å². The van der Waals surface area contributed by atoms with E-state index >= 15 is 0 Å². The number of piperidine rings is 1. The molecule has 1 saturated heterocycles. The van der Waals surface area contributed by atoms with Crippen LogP contribution in [0.25, 0.3) is 0 Å². The second-order valence-electron chi connectivity index (χ2n) is 6.63. The molecular weight excluding hydrogens is 339 g/mol. The SMILES string of the molecule is CN(C[C@@H]1CCCN(CCc2ccccc2F)C1)C(=O)c1csnn1. The van der Waals surface area contributed by atoms with E-state index in [1.54, 1.807) is 16.3 Å². The highest BCUT2D eigenvalue weighted by molar-refractivity contribution is 7.03. The normalized spacial score (nSPS) is 18.2. The van der Waals surface area contributed by atoms with Crippen molar-refractivity contribution in [1.29, 1.82) is 0 Å². The molecule has 7 heteroatoms. The molecule has 1 aromatic heterocycles. The van der Waals surface area contributed by atoms with Gasteiger partial charge in [0.05, 0.1) is 0 Å². The monoisotopic (exact) mass is 362 g/mol. The van der Waals surface area contributed by atoms with E-state index in [4.69, 9.17) is 0 Å². The molecule has 0 spiro atoms. The minimum atomic E-state index is -0.127. The van der Waals surface area contributed by atoms with Gasteiger partial charge in [0.25, 0.3) is 5.91 Å². The number of carbonyl (C=O) groups excluding carboxylic acids is 1. The van der Waals surface area contributed by atoms with Crippen molar-refractivity contribution in [2.45, 2.75) is 19.3 Å². The van der Waals surface area contributed by atoms with Gasteiger partial charge in [-0.2, -0.15) is 0 Å². The van der Waals surface area contributed by atoms with Gasteiger partial charge in [-0.15, -0.1) is 5.10 Å². The second kappa shape index (κ2) is 8.49. The molecule has 3 rings (SSSR count). The molecule has 134 valence electrons. The maximum atomic E-state index is 13.7. The maximum Gasteiger partial charge on any atom is 0.275 e. The highest BCUT2D eigenvalue weighted by Crippen LogP contribution is 2.19. The molecule has 2 aromatic rings. The third-order valence-electron chi connectivity index (χ3n) is 4.72. The number of benzene rings is 1. The van der Waals surface area contributed by atoms with Crippen molar-refractivity contribution in [2.24, 2.45) is 5.92 Å². The molecule has 1 aliphatic rings. The van der Waals surface area contributed by atoms with Crippen LogP contribution >= 0.6 is 11.5 Å². The zero-order valence-electron chi connectivity index (χ0n) is 14.4. The summed E-state index contributed by atoms with van der Waals surface area (Å²) >= 11 is 1.19. The van der Waals surface area contributed by atoms with Gasteiger partial charge in [-0.05, 0) is 54.9 Å². The van der Waals surface area contributed by atoms with Crippen LogP contribution in [0, 0.1) is 11.7 Å². The van der Waals surface area contributed by atoms with Crippen LogP contribution in [-0.4, -0.2) is 58.5 Å². The average molecular weight is 362 g/mol. The van der Waals surface area contributed by atoms with Gasteiger partial charge >= 0.3 is 0 Å². The molecule has 0 aliphatic carbocycles. The average Bonchev–Trinajstić information content (AvgIpc) is 3.15. The van der Waals surface area contributed by atoms with E-state index in [9.17, 15) is 9.18 Å². The summed E-state index contributed by atoms with van der Waals surface area (Å²) in [5.41, 5.74) is 1.19. The van der Waals surface area contributed by atoms with Crippen molar-refractivity contribution < 1.29 is 9.18 Å². The zero-order chi connectivity index (χ0) is 17.6. The molecule has 25 heavy (non-hydrogen) atoms. The Kier molecular flexibility index (Phi) is 6.09. The van der Waals surface area contributed by atoms with Crippen LogP contribution < -0.4 is 0 Å². The van der Waals surface area contributed by atoms with Gasteiger partial charge in [0.2, 0.25) is 0 Å². The van der Waals surface area contributed by atoms with Gasteiger partial charge in [0.15, 0.2) is 5.69 Å². The predicted octanol–water partition coefficient (Wildman–Crippen LogP) is 2.70. The topological polar surface area (TPSA) is 49.3 Å². The quantitative estimate of drug-likeness (QED) is 0.793. The lowest BCUT2D eigenvalue weighted by Crippen LogP contribution is -2.42. The molecule has 1 aliphatic heterocycles. The van der Waals surface area contributed by atoms with Crippen LogP contribution in [0.2, 0.25) is 0 Å². The number of likely N-dealkylation sites (tertiary alicyclic amines) is 1. The third-order valence-corrected chi connectivity index (χ3v) is 5.22. The lowest BCUT2D eigenvalue weighted by Gasteiger charge is -2.34. The number of nitrogens with zero attached hydrogens (tertiary/aromatic N) is 4. The third kappa shape index (κ3) is 4.83. The number of amides is 1. The Balaban J connectivity index is 1.49. The van der Waals surface area contributed by atoms with E-state index in [0.29, 0.717) is 18.2 Å². The first kappa shape index (κ1) is 17.9. The van der Waals surface area contributed by atoms with Crippen molar-refractivity contribution in [3.8, 4) is 0 Å². The minimum Gasteiger partial charge on any atom is -0.340 e. The molecule has 5 nitrogen and oxygen atoms in total. The van der Waals surface area contributed by atoms with E-state index in [1.165, 1.54) is 17.6 Å². The van der Waals surface area contributed by atoms with Gasteiger partial charge in [0, 0.05) is 32.1 Å². The fourth-order valence-electron chi connectivity index (χ4n) is 3.41. The molecule has 1 aromatic carbocycles. The van der Waals surface area contributed by atoms with Crippen molar-refractivity contribution in [3.05, 3.63) is 46.7 Å². The Bertz CT molecular complexity index is 694. The van der Waals surface area contributed by atoms with Gasteiger partial charge in [0.1, 0.15) is 5.82 Å². The van der Waals surface area contributed by atoms with E-state index in [0.717, 1.165) is 44.5 Å². The lowest BCUT2D eigenvalue weighted by molar-refractivity contribution is 0.0724. The minimum absolute atomic E-state index is 0.0720. The molecule has 0 radical (unpaired) electrons. The molecule has 2 heterocycles. The zero-order valence-corrected chi connectivity index (χ0v) is 15.2. The Morgan fingerprint density at radius 1 is 1.44 bits per heavy atom. The van der Waals surface area contributed by atoms with Gasteiger partial charge in [-0.1, -0.05) is 22.7 Å². The number of hydrogen-bond acceptors (Lipinski definition) is 5. The summed E-state index contributed by atoms with van der Waals surface area (Å²) in [6.45, 7) is 3.55. The number of aromatic nitrogens is 2. The van der Waals surface area contributed by atoms with Crippen LogP contribution in [0.3, 0.4) is 0 Å². The summed E-state index contributed by atoms with van der Waals surface area (Å²) < 4.78 is 17.5. The summed E-state index contributed by atoms with van der Waals surface area (Å²) in [6.07, 6.45) is 2.95. The number of halogens is 1. The second-order valence-corrected chi connectivity index (χ2v) is 7.24. The highest BCUT2D eigenvalue weighted by Gasteiger charge is 2.24. The molecule has 0 N–H and O–H groups in total. The number of hydrogen-bond donors (Lipinski definition) is 0. The largest absolute Gasteiger partial charge is 0.340 e. The summed E-state index contributed by atoms with van der Waals surface area (Å²) in [5.74, 6) is 0.241. The summed E-state index contributed by atoms with van der Waals surface area (Å²) in [7, 11) is 1.82. The Morgan fingerprint density at radius 3 is 3.04 bits per heavy atom. The Hall–Kier alpha value is -1.86. The van der Waals surface area contributed by atoms with Gasteiger partial charge in [-0.3, -0.25) is 4.79 Å². The van der Waals surface area contributed by atoms with Gasteiger partial charge in [-0.25, -0.2) is 4.39 Å². The first-order valence-corrected chi connectivity index (χ1v) is 9.45. The lowest BCUT2D eigenvalue weighted by atomic mass is 9.97.